The molecule has 1 aromatic heterocycles. The number of anilines is 1. The van der Waals surface area contributed by atoms with E-state index >= 15 is 0 Å². The minimum atomic E-state index is -0.550. The van der Waals surface area contributed by atoms with E-state index < -0.39 is 11.3 Å². The highest BCUT2D eigenvalue weighted by Crippen LogP contribution is 2.31. The van der Waals surface area contributed by atoms with E-state index in [0.717, 1.165) is 28.8 Å². The summed E-state index contributed by atoms with van der Waals surface area (Å²) < 4.78 is 0. The number of rotatable bonds is 7. The molecule has 0 aliphatic rings. The van der Waals surface area contributed by atoms with E-state index in [4.69, 9.17) is 5.73 Å². The van der Waals surface area contributed by atoms with Crippen molar-refractivity contribution in [2.75, 3.05) is 5.32 Å². The summed E-state index contributed by atoms with van der Waals surface area (Å²) in [7, 11) is 0. The Morgan fingerprint density at radius 3 is 2.23 bits per heavy atom. The van der Waals surface area contributed by atoms with Crippen molar-refractivity contribution in [1.82, 2.24) is 4.98 Å². The zero-order valence-electron chi connectivity index (χ0n) is 16.8. The molecule has 152 valence electrons. The van der Waals surface area contributed by atoms with Crippen LogP contribution in [0.3, 0.4) is 0 Å². The molecule has 3 rings (SSSR count). The van der Waals surface area contributed by atoms with Crippen LogP contribution in [0.15, 0.2) is 54.7 Å². The van der Waals surface area contributed by atoms with E-state index in [1.54, 1.807) is 30.5 Å². The molecular weight excluding hydrogens is 396 g/mol. The third kappa shape index (κ3) is 4.24. The Kier molecular flexibility index (Phi) is 6.28. The molecule has 0 spiro atoms. The summed E-state index contributed by atoms with van der Waals surface area (Å²) in [4.78, 5) is 28.6. The maximum absolute atomic E-state index is 12.6. The number of nitrogens with two attached hydrogens (primary N) is 1. The maximum atomic E-state index is 12.6. The van der Waals surface area contributed by atoms with Crippen molar-refractivity contribution < 1.29 is 9.59 Å². The van der Waals surface area contributed by atoms with Crippen LogP contribution < -0.4 is 11.1 Å². The van der Waals surface area contributed by atoms with E-state index in [-0.39, 0.29) is 10.9 Å². The number of amides is 2. The SMILES string of the molecule is CCC(C#N)(CC)c1ccc(C(=O)Nc2ccc(-c3cnc(C(N)=O)s3)cc2)cc1. The van der Waals surface area contributed by atoms with Crippen LogP contribution in [-0.4, -0.2) is 16.8 Å². The Bertz CT molecular complexity index is 1090. The average molecular weight is 419 g/mol. The molecule has 0 aliphatic carbocycles. The number of aromatic nitrogens is 1. The molecule has 3 aromatic rings. The van der Waals surface area contributed by atoms with Crippen LogP contribution in [0.1, 0.15) is 52.4 Å². The molecule has 0 atom stereocenters. The van der Waals surface area contributed by atoms with Gasteiger partial charge in [-0.25, -0.2) is 4.98 Å². The van der Waals surface area contributed by atoms with Gasteiger partial charge >= 0.3 is 0 Å². The van der Waals surface area contributed by atoms with Crippen molar-refractivity contribution >= 4 is 28.8 Å². The molecule has 0 fully saturated rings. The summed E-state index contributed by atoms with van der Waals surface area (Å²) in [5.41, 5.74) is 7.71. The van der Waals surface area contributed by atoms with Gasteiger partial charge in [0.15, 0.2) is 5.01 Å². The summed E-state index contributed by atoms with van der Waals surface area (Å²) in [6.07, 6.45) is 3.05. The molecule has 2 amide bonds. The van der Waals surface area contributed by atoms with Gasteiger partial charge in [-0.2, -0.15) is 5.26 Å². The number of hydrogen-bond acceptors (Lipinski definition) is 5. The van der Waals surface area contributed by atoms with Crippen LogP contribution in [0.25, 0.3) is 10.4 Å². The Balaban J connectivity index is 1.71. The smallest absolute Gasteiger partial charge is 0.277 e. The highest BCUT2D eigenvalue weighted by atomic mass is 32.1. The quantitative estimate of drug-likeness (QED) is 0.577. The minimum absolute atomic E-state index is 0.223. The third-order valence-electron chi connectivity index (χ3n) is 5.26. The second-order valence-corrected chi connectivity index (χ2v) is 7.93. The van der Waals surface area contributed by atoms with Gasteiger partial charge in [0.1, 0.15) is 0 Å². The molecule has 2 aromatic carbocycles. The van der Waals surface area contributed by atoms with Gasteiger partial charge in [-0.3, -0.25) is 9.59 Å². The second-order valence-electron chi connectivity index (χ2n) is 6.90. The fraction of sp³-hybridized carbons (Fsp3) is 0.217. The van der Waals surface area contributed by atoms with Crippen LogP contribution in [0.5, 0.6) is 0 Å². The van der Waals surface area contributed by atoms with Crippen molar-refractivity contribution in [2.24, 2.45) is 5.73 Å². The summed E-state index contributed by atoms with van der Waals surface area (Å²) in [6, 6.07) is 16.9. The predicted octanol–water partition coefficient (Wildman–Crippen LogP) is 4.74. The topological polar surface area (TPSA) is 109 Å². The van der Waals surface area contributed by atoms with E-state index in [2.05, 4.69) is 16.4 Å². The van der Waals surface area contributed by atoms with Gasteiger partial charge in [0.2, 0.25) is 0 Å². The highest BCUT2D eigenvalue weighted by molar-refractivity contribution is 7.16. The Morgan fingerprint density at radius 1 is 1.10 bits per heavy atom. The third-order valence-corrected chi connectivity index (χ3v) is 6.33. The largest absolute Gasteiger partial charge is 0.364 e. The first kappa shape index (κ1) is 21.2. The highest BCUT2D eigenvalue weighted by Gasteiger charge is 2.28. The molecule has 7 heteroatoms. The fourth-order valence-electron chi connectivity index (χ4n) is 3.26. The van der Waals surface area contributed by atoms with Crippen molar-refractivity contribution in [2.45, 2.75) is 32.1 Å². The van der Waals surface area contributed by atoms with E-state index in [1.165, 1.54) is 11.3 Å². The van der Waals surface area contributed by atoms with Crippen LogP contribution in [-0.2, 0) is 5.41 Å². The first-order valence-corrected chi connectivity index (χ1v) is 10.4. The maximum Gasteiger partial charge on any atom is 0.277 e. The summed E-state index contributed by atoms with van der Waals surface area (Å²) >= 11 is 1.22. The van der Waals surface area contributed by atoms with Crippen LogP contribution in [0, 0.1) is 11.3 Å². The molecule has 0 saturated carbocycles. The number of primary amides is 1. The first-order chi connectivity index (χ1) is 14.4. The Hall–Kier alpha value is -3.50. The standard InChI is InChI=1S/C23H22N4O2S/c1-3-23(4-2,14-24)17-9-5-16(6-10-17)21(29)27-18-11-7-15(8-12-18)19-13-26-22(30-19)20(25)28/h5-13H,3-4H2,1-2H3,(H2,25,28)(H,27,29). The number of nitrogens with one attached hydrogen (secondary N) is 1. The van der Waals surface area contributed by atoms with Gasteiger partial charge in [-0.05, 0) is 48.2 Å². The lowest BCUT2D eigenvalue weighted by Crippen LogP contribution is -2.22. The van der Waals surface area contributed by atoms with Crippen molar-refractivity contribution in [3.63, 3.8) is 0 Å². The van der Waals surface area contributed by atoms with Crippen molar-refractivity contribution in [3.05, 3.63) is 70.9 Å². The van der Waals surface area contributed by atoms with Gasteiger partial charge in [0, 0.05) is 17.4 Å². The van der Waals surface area contributed by atoms with E-state index in [0.29, 0.717) is 11.3 Å². The van der Waals surface area contributed by atoms with E-state index in [9.17, 15) is 14.9 Å². The monoisotopic (exact) mass is 418 g/mol. The number of benzene rings is 2. The molecule has 0 radical (unpaired) electrons. The van der Waals surface area contributed by atoms with Crippen LogP contribution in [0.4, 0.5) is 5.69 Å². The number of carbonyl (C=O) groups excluding carboxylic acids is 2. The summed E-state index contributed by atoms with van der Waals surface area (Å²) in [5.74, 6) is -0.773. The lowest BCUT2D eigenvalue weighted by Gasteiger charge is -2.24. The molecule has 0 bridgehead atoms. The van der Waals surface area contributed by atoms with Gasteiger partial charge in [-0.1, -0.05) is 38.1 Å². The number of thiazole rings is 1. The molecule has 0 saturated heterocycles. The Labute approximate surface area is 179 Å². The van der Waals surface area contributed by atoms with E-state index in [1.807, 2.05) is 38.1 Å². The van der Waals surface area contributed by atoms with Gasteiger partial charge < -0.3 is 11.1 Å². The number of hydrogen-bond donors (Lipinski definition) is 2. The van der Waals surface area contributed by atoms with Crippen molar-refractivity contribution in [3.8, 4) is 16.5 Å². The zero-order chi connectivity index (χ0) is 21.7. The van der Waals surface area contributed by atoms with Crippen LogP contribution in [0.2, 0.25) is 0 Å². The number of nitrogens with zero attached hydrogens (tertiary/aromatic N) is 2. The Morgan fingerprint density at radius 2 is 1.73 bits per heavy atom. The molecule has 30 heavy (non-hydrogen) atoms. The van der Waals surface area contributed by atoms with Gasteiger partial charge in [-0.15, -0.1) is 11.3 Å². The molecule has 6 nitrogen and oxygen atoms in total. The molecule has 0 unspecified atom stereocenters. The summed E-state index contributed by atoms with van der Waals surface area (Å²) in [6.45, 7) is 4.00. The lowest BCUT2D eigenvalue weighted by molar-refractivity contribution is 0.0997. The predicted molar refractivity (Wildman–Crippen MR) is 118 cm³/mol. The molecule has 3 N–H and O–H groups in total. The lowest BCUT2D eigenvalue weighted by atomic mass is 9.77. The minimum Gasteiger partial charge on any atom is -0.364 e. The van der Waals surface area contributed by atoms with Gasteiger partial charge in [0.05, 0.1) is 16.4 Å². The average Bonchev–Trinajstić information content (AvgIpc) is 3.27. The normalized spacial score (nSPS) is 11.0. The molecular formula is C23H22N4O2S. The van der Waals surface area contributed by atoms with Crippen LogP contribution >= 0.6 is 11.3 Å². The number of carbonyl (C=O) groups is 2. The van der Waals surface area contributed by atoms with Gasteiger partial charge in [0.25, 0.3) is 11.8 Å². The molecule has 1 heterocycles. The fourth-order valence-corrected chi connectivity index (χ4v) is 4.04. The summed E-state index contributed by atoms with van der Waals surface area (Å²) in [5, 5.41) is 12.7. The first-order valence-electron chi connectivity index (χ1n) is 9.61. The van der Waals surface area contributed by atoms with Crippen molar-refractivity contribution in [1.29, 1.82) is 5.26 Å². The zero-order valence-corrected chi connectivity index (χ0v) is 17.6. The second kappa shape index (κ2) is 8.89. The molecule has 0 aliphatic heterocycles. The number of nitriles is 1.